The third-order valence-electron chi connectivity index (χ3n) is 4.20. The molecule has 5 nitrogen and oxygen atoms in total. The fraction of sp³-hybridized carbons (Fsp3) is 0.444. The molecule has 5 heteroatoms. The maximum absolute atomic E-state index is 5.21. The zero-order valence-corrected chi connectivity index (χ0v) is 13.8. The summed E-state index contributed by atoms with van der Waals surface area (Å²) < 4.78 is 5.21. The maximum Gasteiger partial charge on any atom is 0.223 e. The first-order valence-corrected chi connectivity index (χ1v) is 8.14. The van der Waals surface area contributed by atoms with Gasteiger partial charge < -0.3 is 10.1 Å². The third-order valence-corrected chi connectivity index (χ3v) is 4.20. The van der Waals surface area contributed by atoms with Gasteiger partial charge in [0.2, 0.25) is 5.95 Å². The normalized spacial score (nSPS) is 18.6. The second-order valence-corrected chi connectivity index (χ2v) is 6.09. The average molecular weight is 312 g/mol. The second kappa shape index (κ2) is 7.42. The molecule has 3 rings (SSSR count). The van der Waals surface area contributed by atoms with Crippen LogP contribution in [0.25, 0.3) is 0 Å². The molecule has 0 saturated carbocycles. The number of likely N-dealkylation sites (tertiary alicyclic amines) is 1. The summed E-state index contributed by atoms with van der Waals surface area (Å²) in [6.45, 7) is 5.11. The van der Waals surface area contributed by atoms with Crippen molar-refractivity contribution in [1.29, 1.82) is 0 Å². The molecule has 1 aromatic heterocycles. The standard InChI is InChI=1S/C18H24N4O/c1-14-9-10-19-18(20-14)21-16-4-3-11-22(13-16)12-15-5-7-17(23-2)8-6-15/h5-10,16H,3-4,11-13H2,1-2H3,(H,19,20,21). The van der Waals surface area contributed by atoms with Gasteiger partial charge in [0.05, 0.1) is 7.11 Å². The number of rotatable bonds is 5. The molecule has 23 heavy (non-hydrogen) atoms. The SMILES string of the molecule is COc1ccc(CN2CCCC(Nc3nccc(C)n3)C2)cc1. The Labute approximate surface area is 137 Å². The molecule has 0 bridgehead atoms. The van der Waals surface area contributed by atoms with Gasteiger partial charge >= 0.3 is 0 Å². The molecule has 2 aromatic rings. The van der Waals surface area contributed by atoms with E-state index in [1.807, 2.05) is 31.3 Å². The number of aryl methyl sites for hydroxylation is 1. The Morgan fingerprint density at radius 2 is 2.09 bits per heavy atom. The molecular formula is C18H24N4O. The lowest BCUT2D eigenvalue weighted by Gasteiger charge is -2.33. The average Bonchev–Trinajstić information content (AvgIpc) is 2.56. The molecule has 1 N–H and O–H groups in total. The Morgan fingerprint density at radius 1 is 1.26 bits per heavy atom. The van der Waals surface area contributed by atoms with Gasteiger partial charge in [0, 0.05) is 31.0 Å². The molecule has 0 spiro atoms. The minimum absolute atomic E-state index is 0.406. The van der Waals surface area contributed by atoms with Crippen molar-refractivity contribution in [2.24, 2.45) is 0 Å². The molecule has 1 saturated heterocycles. The number of methoxy groups -OCH3 is 1. The van der Waals surface area contributed by atoms with Gasteiger partial charge in [0.25, 0.3) is 0 Å². The fourth-order valence-electron chi connectivity index (χ4n) is 3.01. The van der Waals surface area contributed by atoms with Crippen LogP contribution in [0.1, 0.15) is 24.1 Å². The smallest absolute Gasteiger partial charge is 0.223 e. The first-order valence-electron chi connectivity index (χ1n) is 8.14. The molecule has 1 atom stereocenters. The van der Waals surface area contributed by atoms with Gasteiger partial charge in [0.15, 0.2) is 0 Å². The number of ether oxygens (including phenoxy) is 1. The first kappa shape index (κ1) is 15.7. The molecule has 1 aromatic carbocycles. The van der Waals surface area contributed by atoms with E-state index in [1.165, 1.54) is 12.0 Å². The van der Waals surface area contributed by atoms with Crippen LogP contribution in [0.15, 0.2) is 36.5 Å². The summed E-state index contributed by atoms with van der Waals surface area (Å²) in [5, 5.41) is 3.47. The number of anilines is 1. The van der Waals surface area contributed by atoms with Gasteiger partial charge in [-0.3, -0.25) is 4.90 Å². The van der Waals surface area contributed by atoms with Crippen LogP contribution in [0.2, 0.25) is 0 Å². The van der Waals surface area contributed by atoms with E-state index in [1.54, 1.807) is 7.11 Å². The van der Waals surface area contributed by atoms with Crippen molar-refractivity contribution in [3.63, 3.8) is 0 Å². The molecule has 1 aliphatic rings. The van der Waals surface area contributed by atoms with Gasteiger partial charge in [-0.05, 0) is 50.1 Å². The Kier molecular flexibility index (Phi) is 5.08. The summed E-state index contributed by atoms with van der Waals surface area (Å²) in [6, 6.07) is 10.6. The molecule has 0 amide bonds. The van der Waals surface area contributed by atoms with Crippen molar-refractivity contribution in [3.05, 3.63) is 47.8 Å². The number of benzene rings is 1. The number of aromatic nitrogens is 2. The summed E-state index contributed by atoms with van der Waals surface area (Å²) in [7, 11) is 1.70. The first-order chi connectivity index (χ1) is 11.2. The van der Waals surface area contributed by atoms with Crippen LogP contribution < -0.4 is 10.1 Å². The van der Waals surface area contributed by atoms with Crippen molar-refractivity contribution in [2.75, 3.05) is 25.5 Å². The third kappa shape index (κ3) is 4.42. The number of nitrogens with zero attached hydrogens (tertiary/aromatic N) is 3. The van der Waals surface area contributed by atoms with Crippen molar-refractivity contribution < 1.29 is 4.74 Å². The molecule has 2 heterocycles. The predicted molar refractivity (Wildman–Crippen MR) is 91.7 cm³/mol. The molecule has 1 unspecified atom stereocenters. The van der Waals surface area contributed by atoms with E-state index < -0.39 is 0 Å². The number of hydrogen-bond acceptors (Lipinski definition) is 5. The van der Waals surface area contributed by atoms with Crippen LogP contribution in [0.3, 0.4) is 0 Å². The highest BCUT2D eigenvalue weighted by molar-refractivity contribution is 5.28. The van der Waals surface area contributed by atoms with Crippen LogP contribution in [-0.4, -0.2) is 41.1 Å². The highest BCUT2D eigenvalue weighted by Gasteiger charge is 2.20. The van der Waals surface area contributed by atoms with Crippen LogP contribution in [-0.2, 0) is 6.54 Å². The van der Waals surface area contributed by atoms with E-state index in [2.05, 4.69) is 32.3 Å². The Hall–Kier alpha value is -2.14. The number of hydrogen-bond donors (Lipinski definition) is 1. The van der Waals surface area contributed by atoms with Gasteiger partial charge in [-0.1, -0.05) is 12.1 Å². The molecule has 0 aliphatic carbocycles. The Balaban J connectivity index is 1.57. The van der Waals surface area contributed by atoms with Crippen LogP contribution in [0, 0.1) is 6.92 Å². The van der Waals surface area contributed by atoms with E-state index >= 15 is 0 Å². The Bertz CT molecular complexity index is 629. The molecule has 122 valence electrons. The highest BCUT2D eigenvalue weighted by atomic mass is 16.5. The number of piperidine rings is 1. The summed E-state index contributed by atoms with van der Waals surface area (Å²) in [5.41, 5.74) is 2.31. The van der Waals surface area contributed by atoms with Crippen LogP contribution >= 0.6 is 0 Å². The van der Waals surface area contributed by atoms with Gasteiger partial charge in [-0.2, -0.15) is 0 Å². The summed E-state index contributed by atoms with van der Waals surface area (Å²) in [6.07, 6.45) is 4.17. The summed E-state index contributed by atoms with van der Waals surface area (Å²) in [4.78, 5) is 11.2. The zero-order chi connectivity index (χ0) is 16.1. The lowest BCUT2D eigenvalue weighted by Crippen LogP contribution is -2.41. The van der Waals surface area contributed by atoms with Crippen LogP contribution in [0.4, 0.5) is 5.95 Å². The summed E-state index contributed by atoms with van der Waals surface area (Å²) in [5.74, 6) is 1.64. The monoisotopic (exact) mass is 312 g/mol. The van der Waals surface area contributed by atoms with Crippen molar-refractivity contribution in [1.82, 2.24) is 14.9 Å². The van der Waals surface area contributed by atoms with Crippen LogP contribution in [0.5, 0.6) is 5.75 Å². The van der Waals surface area contributed by atoms with Crippen molar-refractivity contribution in [2.45, 2.75) is 32.4 Å². The lowest BCUT2D eigenvalue weighted by atomic mass is 10.0. The minimum Gasteiger partial charge on any atom is -0.497 e. The largest absolute Gasteiger partial charge is 0.497 e. The van der Waals surface area contributed by atoms with Gasteiger partial charge in [-0.25, -0.2) is 9.97 Å². The zero-order valence-electron chi connectivity index (χ0n) is 13.8. The highest BCUT2D eigenvalue weighted by Crippen LogP contribution is 2.18. The molecule has 0 radical (unpaired) electrons. The summed E-state index contributed by atoms with van der Waals surface area (Å²) >= 11 is 0. The fourth-order valence-corrected chi connectivity index (χ4v) is 3.01. The van der Waals surface area contributed by atoms with E-state index in [0.29, 0.717) is 6.04 Å². The predicted octanol–water partition coefficient (Wildman–Crippen LogP) is 2.87. The van der Waals surface area contributed by atoms with E-state index in [-0.39, 0.29) is 0 Å². The second-order valence-electron chi connectivity index (χ2n) is 6.09. The van der Waals surface area contributed by atoms with Gasteiger partial charge in [0.1, 0.15) is 5.75 Å². The van der Waals surface area contributed by atoms with Crippen molar-refractivity contribution in [3.8, 4) is 5.75 Å². The lowest BCUT2D eigenvalue weighted by molar-refractivity contribution is 0.208. The quantitative estimate of drug-likeness (QED) is 0.920. The maximum atomic E-state index is 5.21. The minimum atomic E-state index is 0.406. The van der Waals surface area contributed by atoms with Gasteiger partial charge in [-0.15, -0.1) is 0 Å². The molecule has 1 aliphatic heterocycles. The molecular weight excluding hydrogens is 288 g/mol. The van der Waals surface area contributed by atoms with E-state index in [9.17, 15) is 0 Å². The van der Waals surface area contributed by atoms with E-state index in [0.717, 1.165) is 43.4 Å². The topological polar surface area (TPSA) is 50.3 Å². The van der Waals surface area contributed by atoms with E-state index in [4.69, 9.17) is 4.74 Å². The Morgan fingerprint density at radius 3 is 2.83 bits per heavy atom. The van der Waals surface area contributed by atoms with Crippen molar-refractivity contribution >= 4 is 5.95 Å². The number of nitrogens with one attached hydrogen (secondary N) is 1. The molecule has 1 fully saturated rings.